The number of hydrogen-bond donors (Lipinski definition) is 1. The third-order valence-electron chi connectivity index (χ3n) is 3.05. The maximum atomic E-state index is 11.7. The predicted octanol–water partition coefficient (Wildman–Crippen LogP) is 3.30. The zero-order valence-corrected chi connectivity index (χ0v) is 12.8. The lowest BCUT2D eigenvalue weighted by molar-refractivity contribution is 0.555. The lowest BCUT2D eigenvalue weighted by atomic mass is 10.0. The van der Waals surface area contributed by atoms with Crippen LogP contribution in [0.1, 0.15) is 27.7 Å². The Kier molecular flexibility index (Phi) is 4.67. The SMILES string of the molecule is CCS(=O)(=O)c1ccc(NC(C)(C)C(C)Cl)cc1. The molecule has 3 nitrogen and oxygen atoms in total. The fourth-order valence-corrected chi connectivity index (χ4v) is 2.32. The summed E-state index contributed by atoms with van der Waals surface area (Å²) in [7, 11) is -3.13. The van der Waals surface area contributed by atoms with Gasteiger partial charge in [-0.05, 0) is 45.0 Å². The maximum absolute atomic E-state index is 11.7. The van der Waals surface area contributed by atoms with Gasteiger partial charge in [0.15, 0.2) is 9.84 Å². The Balaban J connectivity index is 2.91. The van der Waals surface area contributed by atoms with Crippen LogP contribution in [0.25, 0.3) is 0 Å². The van der Waals surface area contributed by atoms with Crippen molar-refractivity contribution in [3.8, 4) is 0 Å². The Morgan fingerprint density at radius 1 is 1.28 bits per heavy atom. The molecule has 0 aromatic heterocycles. The molecule has 0 aliphatic rings. The first-order valence-electron chi connectivity index (χ1n) is 5.94. The Morgan fingerprint density at radius 2 is 1.78 bits per heavy atom. The molecule has 18 heavy (non-hydrogen) atoms. The molecule has 1 rings (SSSR count). The van der Waals surface area contributed by atoms with Crippen LogP contribution >= 0.6 is 11.6 Å². The summed E-state index contributed by atoms with van der Waals surface area (Å²) in [6, 6.07) is 6.78. The molecule has 0 saturated carbocycles. The number of sulfone groups is 1. The molecular weight excluding hydrogens is 270 g/mol. The molecule has 1 aromatic rings. The number of anilines is 1. The minimum atomic E-state index is -3.13. The molecule has 1 atom stereocenters. The fraction of sp³-hybridized carbons (Fsp3) is 0.538. The van der Waals surface area contributed by atoms with Gasteiger partial charge in [-0.2, -0.15) is 0 Å². The first-order chi connectivity index (χ1) is 8.19. The van der Waals surface area contributed by atoms with Gasteiger partial charge in [0.05, 0.1) is 16.0 Å². The molecule has 0 saturated heterocycles. The number of nitrogens with one attached hydrogen (secondary N) is 1. The van der Waals surface area contributed by atoms with E-state index in [1.54, 1.807) is 31.2 Å². The number of alkyl halides is 1. The Morgan fingerprint density at radius 3 is 2.17 bits per heavy atom. The largest absolute Gasteiger partial charge is 0.379 e. The first kappa shape index (κ1) is 15.3. The average Bonchev–Trinajstić information content (AvgIpc) is 2.29. The lowest BCUT2D eigenvalue weighted by Crippen LogP contribution is -2.38. The molecule has 102 valence electrons. The second-order valence-corrected chi connectivity index (χ2v) is 7.82. The summed E-state index contributed by atoms with van der Waals surface area (Å²) in [6.45, 7) is 7.56. The van der Waals surface area contributed by atoms with Crippen LogP contribution in [-0.4, -0.2) is 25.1 Å². The summed E-state index contributed by atoms with van der Waals surface area (Å²) in [5.74, 6) is 0.115. The monoisotopic (exact) mass is 289 g/mol. The summed E-state index contributed by atoms with van der Waals surface area (Å²) < 4.78 is 23.3. The molecule has 5 heteroatoms. The van der Waals surface area contributed by atoms with E-state index in [0.29, 0.717) is 4.90 Å². The highest BCUT2D eigenvalue weighted by molar-refractivity contribution is 7.91. The van der Waals surface area contributed by atoms with Crippen LogP contribution in [0.15, 0.2) is 29.2 Å². The maximum Gasteiger partial charge on any atom is 0.178 e. The van der Waals surface area contributed by atoms with Crippen LogP contribution in [0.5, 0.6) is 0 Å². The Labute approximate surface area is 114 Å². The van der Waals surface area contributed by atoms with Crippen molar-refractivity contribution >= 4 is 27.1 Å². The van der Waals surface area contributed by atoms with E-state index in [1.165, 1.54) is 0 Å². The van der Waals surface area contributed by atoms with Crippen molar-refractivity contribution < 1.29 is 8.42 Å². The van der Waals surface area contributed by atoms with Crippen molar-refractivity contribution in [1.82, 2.24) is 0 Å². The van der Waals surface area contributed by atoms with E-state index in [4.69, 9.17) is 11.6 Å². The second-order valence-electron chi connectivity index (χ2n) is 4.89. The molecule has 0 radical (unpaired) electrons. The van der Waals surface area contributed by atoms with E-state index in [0.717, 1.165) is 5.69 Å². The highest BCUT2D eigenvalue weighted by Gasteiger charge is 2.23. The van der Waals surface area contributed by atoms with Gasteiger partial charge in [0.2, 0.25) is 0 Å². The average molecular weight is 290 g/mol. The molecule has 1 N–H and O–H groups in total. The molecule has 0 heterocycles. The summed E-state index contributed by atoms with van der Waals surface area (Å²) in [5, 5.41) is 3.24. The fourth-order valence-electron chi connectivity index (χ4n) is 1.38. The van der Waals surface area contributed by atoms with Crippen LogP contribution in [0.2, 0.25) is 0 Å². The third-order valence-corrected chi connectivity index (χ3v) is 5.35. The second kappa shape index (κ2) is 5.49. The molecule has 1 unspecified atom stereocenters. The van der Waals surface area contributed by atoms with Gasteiger partial charge >= 0.3 is 0 Å². The predicted molar refractivity (Wildman–Crippen MR) is 77.2 cm³/mol. The minimum Gasteiger partial charge on any atom is -0.379 e. The van der Waals surface area contributed by atoms with E-state index < -0.39 is 9.84 Å². The molecular formula is C13H20ClNO2S. The summed E-state index contributed by atoms with van der Waals surface area (Å²) >= 11 is 6.09. The highest BCUT2D eigenvalue weighted by Crippen LogP contribution is 2.23. The number of benzene rings is 1. The molecule has 0 aliphatic carbocycles. The van der Waals surface area contributed by atoms with E-state index in [2.05, 4.69) is 5.32 Å². The minimum absolute atomic E-state index is 0.0449. The third kappa shape index (κ3) is 3.62. The van der Waals surface area contributed by atoms with Crippen molar-refractivity contribution in [3.05, 3.63) is 24.3 Å². The molecule has 0 fully saturated rings. The van der Waals surface area contributed by atoms with Gasteiger partial charge in [0.1, 0.15) is 0 Å². The van der Waals surface area contributed by atoms with Crippen molar-refractivity contribution in [1.29, 1.82) is 0 Å². The zero-order valence-electron chi connectivity index (χ0n) is 11.2. The molecule has 1 aromatic carbocycles. The van der Waals surface area contributed by atoms with E-state index >= 15 is 0 Å². The molecule has 0 amide bonds. The van der Waals surface area contributed by atoms with Gasteiger partial charge in [-0.3, -0.25) is 0 Å². The first-order valence-corrected chi connectivity index (χ1v) is 8.03. The molecule has 0 aliphatic heterocycles. The van der Waals surface area contributed by atoms with E-state index in [1.807, 2.05) is 20.8 Å². The van der Waals surface area contributed by atoms with Crippen LogP contribution in [-0.2, 0) is 9.84 Å². The standard InChI is InChI=1S/C13H20ClNO2S/c1-5-18(16,17)12-8-6-11(7-9-12)15-13(3,4)10(2)14/h6-10,15H,5H2,1-4H3. The lowest BCUT2D eigenvalue weighted by Gasteiger charge is -2.30. The normalized spacial score (nSPS) is 14.3. The highest BCUT2D eigenvalue weighted by atomic mass is 35.5. The van der Waals surface area contributed by atoms with Crippen LogP contribution in [0.3, 0.4) is 0 Å². The quantitative estimate of drug-likeness (QED) is 0.846. The van der Waals surface area contributed by atoms with Crippen molar-refractivity contribution in [2.75, 3.05) is 11.1 Å². The number of halogens is 1. The summed E-state index contributed by atoms with van der Waals surface area (Å²) in [4.78, 5) is 0.354. The van der Waals surface area contributed by atoms with Crippen molar-refractivity contribution in [2.24, 2.45) is 0 Å². The number of rotatable bonds is 5. The smallest absolute Gasteiger partial charge is 0.178 e. The molecule has 0 bridgehead atoms. The number of hydrogen-bond acceptors (Lipinski definition) is 3. The zero-order chi connectivity index (χ0) is 14.0. The van der Waals surface area contributed by atoms with Gasteiger partial charge in [-0.1, -0.05) is 6.92 Å². The van der Waals surface area contributed by atoms with Gasteiger partial charge in [-0.15, -0.1) is 11.6 Å². The van der Waals surface area contributed by atoms with Crippen LogP contribution < -0.4 is 5.32 Å². The van der Waals surface area contributed by atoms with Gasteiger partial charge in [-0.25, -0.2) is 8.42 Å². The van der Waals surface area contributed by atoms with Gasteiger partial charge < -0.3 is 5.32 Å². The van der Waals surface area contributed by atoms with Gasteiger partial charge in [0.25, 0.3) is 0 Å². The Hall–Kier alpha value is -0.740. The summed E-state index contributed by atoms with van der Waals surface area (Å²) in [5.41, 5.74) is 0.606. The summed E-state index contributed by atoms with van der Waals surface area (Å²) in [6.07, 6.45) is 0. The van der Waals surface area contributed by atoms with Crippen LogP contribution in [0.4, 0.5) is 5.69 Å². The van der Waals surface area contributed by atoms with Crippen molar-refractivity contribution in [2.45, 2.75) is 43.5 Å². The topological polar surface area (TPSA) is 46.2 Å². The molecule has 0 spiro atoms. The van der Waals surface area contributed by atoms with Crippen molar-refractivity contribution in [3.63, 3.8) is 0 Å². The van der Waals surface area contributed by atoms with E-state index in [9.17, 15) is 8.42 Å². The van der Waals surface area contributed by atoms with Gasteiger partial charge in [0, 0.05) is 11.2 Å². The Bertz CT molecular complexity index is 492. The van der Waals surface area contributed by atoms with Crippen LogP contribution in [0, 0.1) is 0 Å². The van der Waals surface area contributed by atoms with E-state index in [-0.39, 0.29) is 16.7 Å².